The quantitative estimate of drug-likeness (QED) is 0.390. The number of aromatic nitrogens is 1. The molecule has 0 bridgehead atoms. The van der Waals surface area contributed by atoms with Crippen molar-refractivity contribution in [3.05, 3.63) is 109 Å². The van der Waals surface area contributed by atoms with E-state index >= 15 is 0 Å². The largest absolute Gasteiger partial charge is 0.356 e. The molecule has 2 nitrogen and oxygen atoms in total. The van der Waals surface area contributed by atoms with Gasteiger partial charge in [0.05, 0.1) is 11.0 Å². The number of hydrogen-bond donors (Lipinski definition) is 1. The van der Waals surface area contributed by atoms with Crippen molar-refractivity contribution in [1.29, 1.82) is 0 Å². The van der Waals surface area contributed by atoms with Gasteiger partial charge in [-0.2, -0.15) is 0 Å². The summed E-state index contributed by atoms with van der Waals surface area (Å²) >= 11 is 0. The molecule has 132 valence electrons. The van der Waals surface area contributed by atoms with Crippen LogP contribution in [0.4, 0.5) is 5.69 Å². The highest BCUT2D eigenvalue weighted by molar-refractivity contribution is 6.09. The Kier molecular flexibility index (Phi) is 4.63. The molecule has 0 fully saturated rings. The molecule has 1 heterocycles. The molecule has 1 aromatic heterocycles. The van der Waals surface area contributed by atoms with Crippen LogP contribution in [0.2, 0.25) is 0 Å². The van der Waals surface area contributed by atoms with Crippen LogP contribution < -0.4 is 5.32 Å². The van der Waals surface area contributed by atoms with Gasteiger partial charge in [-0.1, -0.05) is 61.2 Å². The van der Waals surface area contributed by atoms with E-state index in [0.717, 1.165) is 17.1 Å². The van der Waals surface area contributed by atoms with Crippen LogP contribution in [0.15, 0.2) is 109 Å². The third-order valence-corrected chi connectivity index (χ3v) is 4.61. The smallest absolute Gasteiger partial charge is 0.0541 e. The van der Waals surface area contributed by atoms with E-state index in [1.807, 2.05) is 31.2 Å². The van der Waals surface area contributed by atoms with Crippen molar-refractivity contribution in [3.8, 4) is 5.69 Å². The molecule has 0 spiro atoms. The lowest BCUT2D eigenvalue weighted by Crippen LogP contribution is -1.97. The molecule has 0 radical (unpaired) electrons. The van der Waals surface area contributed by atoms with Gasteiger partial charge < -0.3 is 9.88 Å². The SMILES string of the molecule is C=C(/C=C\C=C/C)Nc1ccc(-n2c3ccccc3c3ccccc32)cc1. The molecule has 4 aromatic rings. The topological polar surface area (TPSA) is 17.0 Å². The molecule has 27 heavy (non-hydrogen) atoms. The Balaban J connectivity index is 1.71. The first-order valence-corrected chi connectivity index (χ1v) is 9.12. The number of nitrogens with zero attached hydrogens (tertiary/aromatic N) is 1. The van der Waals surface area contributed by atoms with Gasteiger partial charge in [-0.15, -0.1) is 0 Å². The number of rotatable bonds is 5. The maximum Gasteiger partial charge on any atom is 0.0541 e. The Bertz CT molecular complexity index is 1100. The van der Waals surface area contributed by atoms with E-state index in [1.165, 1.54) is 21.8 Å². The van der Waals surface area contributed by atoms with Gasteiger partial charge in [0.1, 0.15) is 0 Å². The van der Waals surface area contributed by atoms with Crippen molar-refractivity contribution in [2.24, 2.45) is 0 Å². The van der Waals surface area contributed by atoms with Gasteiger partial charge in [-0.3, -0.25) is 0 Å². The number of nitrogens with one attached hydrogen (secondary N) is 1. The van der Waals surface area contributed by atoms with Gasteiger partial charge >= 0.3 is 0 Å². The summed E-state index contributed by atoms with van der Waals surface area (Å²) in [6.07, 6.45) is 7.91. The number of fused-ring (bicyclic) bond motifs is 3. The zero-order valence-electron chi connectivity index (χ0n) is 15.4. The lowest BCUT2D eigenvalue weighted by Gasteiger charge is -2.10. The molecule has 2 heteroatoms. The van der Waals surface area contributed by atoms with E-state index in [4.69, 9.17) is 0 Å². The summed E-state index contributed by atoms with van der Waals surface area (Å²) in [7, 11) is 0. The van der Waals surface area contributed by atoms with Gasteiger partial charge in [0.15, 0.2) is 0 Å². The Morgan fingerprint density at radius 3 is 2.00 bits per heavy atom. The van der Waals surface area contributed by atoms with Crippen LogP contribution in [-0.4, -0.2) is 4.57 Å². The van der Waals surface area contributed by atoms with Crippen molar-refractivity contribution in [1.82, 2.24) is 4.57 Å². The van der Waals surface area contributed by atoms with E-state index < -0.39 is 0 Å². The third-order valence-electron chi connectivity index (χ3n) is 4.61. The van der Waals surface area contributed by atoms with Gasteiger partial charge in [-0.05, 0) is 49.4 Å². The Labute approximate surface area is 159 Å². The molecule has 0 aliphatic heterocycles. The molecule has 0 aliphatic carbocycles. The minimum atomic E-state index is 0.859. The molecule has 0 atom stereocenters. The second kappa shape index (κ2) is 7.38. The van der Waals surface area contributed by atoms with E-state index in [-0.39, 0.29) is 0 Å². The standard InChI is InChI=1S/C25H22N2/c1-3-4-5-10-19(2)26-20-15-17-21(18-16-20)27-24-13-8-6-11-22(24)23-12-7-9-14-25(23)27/h3-18,26H,2H2,1H3/b4-3-,10-5-. The highest BCUT2D eigenvalue weighted by Crippen LogP contribution is 2.31. The molecule has 0 saturated carbocycles. The van der Waals surface area contributed by atoms with Crippen LogP contribution in [-0.2, 0) is 0 Å². The molecule has 4 rings (SSSR count). The first-order chi connectivity index (χ1) is 13.3. The molecule has 0 aliphatic rings. The molecule has 0 unspecified atom stereocenters. The predicted octanol–water partition coefficient (Wildman–Crippen LogP) is 6.84. The lowest BCUT2D eigenvalue weighted by molar-refractivity contribution is 1.18. The molecular formula is C25H22N2. The number of hydrogen-bond acceptors (Lipinski definition) is 1. The lowest BCUT2D eigenvalue weighted by atomic mass is 10.2. The summed E-state index contributed by atoms with van der Waals surface area (Å²) in [4.78, 5) is 0. The minimum Gasteiger partial charge on any atom is -0.356 e. The Hall–Kier alpha value is -3.52. The van der Waals surface area contributed by atoms with Crippen molar-refractivity contribution in [2.45, 2.75) is 6.92 Å². The second-order valence-corrected chi connectivity index (χ2v) is 6.45. The van der Waals surface area contributed by atoms with E-state index in [0.29, 0.717) is 0 Å². The highest BCUT2D eigenvalue weighted by Gasteiger charge is 2.10. The zero-order chi connectivity index (χ0) is 18.6. The fourth-order valence-corrected chi connectivity index (χ4v) is 3.40. The summed E-state index contributed by atoms with van der Waals surface area (Å²) in [6, 6.07) is 25.6. The monoisotopic (exact) mass is 350 g/mol. The Morgan fingerprint density at radius 1 is 0.815 bits per heavy atom. The normalized spacial score (nSPS) is 11.7. The minimum absolute atomic E-state index is 0.859. The maximum atomic E-state index is 4.04. The van der Waals surface area contributed by atoms with Gasteiger partial charge in [0, 0.05) is 27.8 Å². The van der Waals surface area contributed by atoms with Crippen LogP contribution in [0.3, 0.4) is 0 Å². The second-order valence-electron chi connectivity index (χ2n) is 6.45. The molecular weight excluding hydrogens is 328 g/mol. The van der Waals surface area contributed by atoms with Crippen molar-refractivity contribution >= 4 is 27.5 Å². The van der Waals surface area contributed by atoms with Crippen LogP contribution in [0.5, 0.6) is 0 Å². The van der Waals surface area contributed by atoms with E-state index in [9.17, 15) is 0 Å². The first-order valence-electron chi connectivity index (χ1n) is 9.12. The molecule has 0 saturated heterocycles. The van der Waals surface area contributed by atoms with Gasteiger partial charge in [0.2, 0.25) is 0 Å². The van der Waals surface area contributed by atoms with Crippen LogP contribution in [0.25, 0.3) is 27.5 Å². The fraction of sp³-hybridized carbons (Fsp3) is 0.0400. The molecule has 0 amide bonds. The predicted molar refractivity (Wildman–Crippen MR) is 117 cm³/mol. The van der Waals surface area contributed by atoms with E-state index in [2.05, 4.69) is 89.3 Å². The van der Waals surface area contributed by atoms with Crippen molar-refractivity contribution in [3.63, 3.8) is 0 Å². The van der Waals surface area contributed by atoms with Crippen molar-refractivity contribution in [2.75, 3.05) is 5.32 Å². The summed E-state index contributed by atoms with van der Waals surface area (Å²) in [6.45, 7) is 6.03. The van der Waals surface area contributed by atoms with E-state index in [1.54, 1.807) is 0 Å². The number of para-hydroxylation sites is 2. The van der Waals surface area contributed by atoms with Gasteiger partial charge in [0.25, 0.3) is 0 Å². The highest BCUT2D eigenvalue weighted by atomic mass is 15.0. The number of anilines is 1. The third kappa shape index (κ3) is 3.30. The first kappa shape index (κ1) is 16.9. The fourth-order valence-electron chi connectivity index (χ4n) is 3.40. The average molecular weight is 350 g/mol. The zero-order valence-corrected chi connectivity index (χ0v) is 15.4. The van der Waals surface area contributed by atoms with Crippen LogP contribution in [0.1, 0.15) is 6.92 Å². The van der Waals surface area contributed by atoms with Crippen LogP contribution in [0, 0.1) is 0 Å². The average Bonchev–Trinajstić information content (AvgIpc) is 3.03. The maximum absolute atomic E-state index is 4.04. The summed E-state index contributed by atoms with van der Waals surface area (Å²) < 4.78 is 2.31. The summed E-state index contributed by atoms with van der Waals surface area (Å²) in [5.41, 5.74) is 5.47. The van der Waals surface area contributed by atoms with Crippen LogP contribution >= 0.6 is 0 Å². The van der Waals surface area contributed by atoms with Gasteiger partial charge in [-0.25, -0.2) is 0 Å². The summed E-state index contributed by atoms with van der Waals surface area (Å²) in [5, 5.41) is 5.87. The molecule has 3 aromatic carbocycles. The summed E-state index contributed by atoms with van der Waals surface area (Å²) in [5.74, 6) is 0. The number of benzene rings is 3. The Morgan fingerprint density at radius 2 is 1.41 bits per heavy atom. The number of allylic oxidation sites excluding steroid dienone is 4. The molecule has 1 N–H and O–H groups in total. The van der Waals surface area contributed by atoms with Crippen molar-refractivity contribution < 1.29 is 0 Å².